The summed E-state index contributed by atoms with van der Waals surface area (Å²) in [6.07, 6.45) is 2.39. The molecule has 2 atom stereocenters. The Bertz CT molecular complexity index is 1210. The van der Waals surface area contributed by atoms with Crippen molar-refractivity contribution in [3.05, 3.63) is 75.1 Å². The zero-order chi connectivity index (χ0) is 23.0. The van der Waals surface area contributed by atoms with Gasteiger partial charge in [-0.2, -0.15) is 0 Å². The SMILES string of the molecule is CCCc1c(C2CC2c2ccccc2OC)oc2ccc(C(=O)OC(C)(C)C)cc2c1=O. The van der Waals surface area contributed by atoms with Gasteiger partial charge in [0, 0.05) is 11.5 Å². The predicted molar refractivity (Wildman–Crippen MR) is 125 cm³/mol. The zero-order valence-corrected chi connectivity index (χ0v) is 19.4. The Hall–Kier alpha value is -3.08. The highest BCUT2D eigenvalue weighted by atomic mass is 16.6. The van der Waals surface area contributed by atoms with Crippen molar-refractivity contribution in [3.8, 4) is 5.75 Å². The summed E-state index contributed by atoms with van der Waals surface area (Å²) >= 11 is 0. The second kappa shape index (κ2) is 8.45. The molecule has 4 rings (SSSR count). The summed E-state index contributed by atoms with van der Waals surface area (Å²) in [5, 5.41) is 0.426. The van der Waals surface area contributed by atoms with Crippen LogP contribution in [0.5, 0.6) is 5.75 Å². The third-order valence-corrected chi connectivity index (χ3v) is 5.82. The topological polar surface area (TPSA) is 65.7 Å². The average molecular weight is 435 g/mol. The molecule has 2 unspecified atom stereocenters. The van der Waals surface area contributed by atoms with Gasteiger partial charge in [-0.25, -0.2) is 4.79 Å². The van der Waals surface area contributed by atoms with Crippen molar-refractivity contribution in [2.24, 2.45) is 0 Å². The van der Waals surface area contributed by atoms with Gasteiger partial charge < -0.3 is 13.9 Å². The first-order chi connectivity index (χ1) is 15.2. The average Bonchev–Trinajstić information content (AvgIpc) is 3.54. The number of fused-ring (bicyclic) bond motifs is 1. The quantitative estimate of drug-likeness (QED) is 0.447. The predicted octanol–water partition coefficient (Wildman–Crippen LogP) is 5.98. The maximum absolute atomic E-state index is 13.5. The summed E-state index contributed by atoms with van der Waals surface area (Å²) in [6, 6.07) is 13.0. The van der Waals surface area contributed by atoms with Gasteiger partial charge in [-0.05, 0) is 69.4 Å². The molecular formula is C27H30O5. The molecule has 32 heavy (non-hydrogen) atoms. The van der Waals surface area contributed by atoms with Crippen molar-refractivity contribution < 1.29 is 18.7 Å². The number of hydrogen-bond acceptors (Lipinski definition) is 5. The van der Waals surface area contributed by atoms with E-state index in [0.29, 0.717) is 28.5 Å². The molecule has 0 saturated heterocycles. The minimum Gasteiger partial charge on any atom is -0.496 e. The normalized spacial score (nSPS) is 17.9. The monoisotopic (exact) mass is 434 g/mol. The lowest BCUT2D eigenvalue weighted by Crippen LogP contribution is -2.24. The number of rotatable bonds is 6. The molecule has 1 aliphatic carbocycles. The molecule has 3 aromatic rings. The van der Waals surface area contributed by atoms with E-state index < -0.39 is 11.6 Å². The number of carbonyl (C=O) groups is 1. The van der Waals surface area contributed by atoms with Gasteiger partial charge in [0.2, 0.25) is 0 Å². The first kappa shape index (κ1) is 22.1. The molecule has 1 aromatic heterocycles. The first-order valence-corrected chi connectivity index (χ1v) is 11.2. The van der Waals surface area contributed by atoms with E-state index in [-0.39, 0.29) is 17.3 Å². The lowest BCUT2D eigenvalue weighted by Gasteiger charge is -2.19. The number of methoxy groups -OCH3 is 1. The molecule has 168 valence electrons. The maximum Gasteiger partial charge on any atom is 0.338 e. The van der Waals surface area contributed by atoms with Crippen LogP contribution in [0.3, 0.4) is 0 Å². The van der Waals surface area contributed by atoms with E-state index >= 15 is 0 Å². The van der Waals surface area contributed by atoms with Crippen molar-refractivity contribution in [1.82, 2.24) is 0 Å². The molecule has 0 bridgehead atoms. The van der Waals surface area contributed by atoms with Crippen LogP contribution in [-0.2, 0) is 11.2 Å². The summed E-state index contributed by atoms with van der Waals surface area (Å²) in [5.41, 5.74) is 2.05. The summed E-state index contributed by atoms with van der Waals surface area (Å²) in [5.74, 6) is 1.60. The Morgan fingerprint density at radius 2 is 1.88 bits per heavy atom. The second-order valence-corrected chi connectivity index (χ2v) is 9.43. The molecule has 0 spiro atoms. The molecule has 1 aliphatic rings. The molecule has 1 fully saturated rings. The van der Waals surface area contributed by atoms with Crippen LogP contribution in [0.15, 0.2) is 51.7 Å². The van der Waals surface area contributed by atoms with Gasteiger partial charge in [0.05, 0.1) is 18.1 Å². The van der Waals surface area contributed by atoms with Gasteiger partial charge in [0.15, 0.2) is 5.43 Å². The van der Waals surface area contributed by atoms with E-state index in [1.165, 1.54) is 0 Å². The van der Waals surface area contributed by atoms with Crippen molar-refractivity contribution in [2.75, 3.05) is 7.11 Å². The lowest BCUT2D eigenvalue weighted by molar-refractivity contribution is 0.00697. The van der Waals surface area contributed by atoms with E-state index in [2.05, 4.69) is 13.0 Å². The Balaban J connectivity index is 1.75. The van der Waals surface area contributed by atoms with Gasteiger partial charge >= 0.3 is 5.97 Å². The number of ether oxygens (including phenoxy) is 2. The summed E-state index contributed by atoms with van der Waals surface area (Å²) in [4.78, 5) is 26.0. The van der Waals surface area contributed by atoms with Crippen LogP contribution in [0.1, 0.15) is 79.6 Å². The fourth-order valence-corrected chi connectivity index (χ4v) is 4.30. The highest BCUT2D eigenvalue weighted by Crippen LogP contribution is 2.57. The van der Waals surface area contributed by atoms with Gasteiger partial charge in [-0.15, -0.1) is 0 Å². The van der Waals surface area contributed by atoms with Crippen LogP contribution in [-0.4, -0.2) is 18.7 Å². The van der Waals surface area contributed by atoms with Crippen LogP contribution in [0.25, 0.3) is 11.0 Å². The molecule has 0 amide bonds. The summed E-state index contributed by atoms with van der Waals surface area (Å²) in [6.45, 7) is 7.51. The lowest BCUT2D eigenvalue weighted by atomic mass is 10.00. The highest BCUT2D eigenvalue weighted by Gasteiger charge is 2.44. The molecular weight excluding hydrogens is 404 g/mol. The first-order valence-electron chi connectivity index (χ1n) is 11.2. The van der Waals surface area contributed by atoms with Gasteiger partial charge in [0.1, 0.15) is 22.7 Å². The van der Waals surface area contributed by atoms with Crippen LogP contribution in [0.2, 0.25) is 0 Å². The van der Waals surface area contributed by atoms with Gasteiger partial charge in [-0.3, -0.25) is 4.79 Å². The van der Waals surface area contributed by atoms with Gasteiger partial charge in [-0.1, -0.05) is 31.5 Å². The van der Waals surface area contributed by atoms with Crippen LogP contribution >= 0.6 is 0 Å². The van der Waals surface area contributed by atoms with Crippen LogP contribution in [0, 0.1) is 0 Å². The molecule has 5 heteroatoms. The van der Waals surface area contributed by atoms with Crippen LogP contribution < -0.4 is 10.2 Å². The number of hydrogen-bond donors (Lipinski definition) is 0. The zero-order valence-electron chi connectivity index (χ0n) is 19.4. The minimum absolute atomic E-state index is 0.0563. The van der Waals surface area contributed by atoms with E-state index in [0.717, 1.165) is 29.9 Å². The van der Waals surface area contributed by atoms with E-state index in [1.54, 1.807) is 25.3 Å². The third kappa shape index (κ3) is 4.29. The Morgan fingerprint density at radius 1 is 1.12 bits per heavy atom. The number of carbonyl (C=O) groups excluding carboxylic acids is 1. The third-order valence-electron chi connectivity index (χ3n) is 5.82. The van der Waals surface area contributed by atoms with Crippen molar-refractivity contribution in [3.63, 3.8) is 0 Å². The highest BCUT2D eigenvalue weighted by molar-refractivity contribution is 5.94. The fraction of sp³-hybridized carbons (Fsp3) is 0.407. The summed E-state index contributed by atoms with van der Waals surface area (Å²) < 4.78 is 17.3. The molecule has 2 aromatic carbocycles. The second-order valence-electron chi connectivity index (χ2n) is 9.43. The molecule has 0 radical (unpaired) electrons. The minimum atomic E-state index is -0.604. The number of esters is 1. The maximum atomic E-state index is 13.5. The molecule has 5 nitrogen and oxygen atoms in total. The van der Waals surface area contributed by atoms with Crippen molar-refractivity contribution in [2.45, 2.75) is 64.4 Å². The molecule has 0 aliphatic heterocycles. The van der Waals surface area contributed by atoms with Crippen LogP contribution in [0.4, 0.5) is 0 Å². The van der Waals surface area contributed by atoms with E-state index in [9.17, 15) is 9.59 Å². The van der Waals surface area contributed by atoms with Gasteiger partial charge in [0.25, 0.3) is 0 Å². The van der Waals surface area contributed by atoms with E-state index in [4.69, 9.17) is 13.9 Å². The Morgan fingerprint density at radius 3 is 2.56 bits per heavy atom. The Kier molecular flexibility index (Phi) is 5.85. The van der Waals surface area contributed by atoms with E-state index in [1.807, 2.05) is 39.0 Å². The summed E-state index contributed by atoms with van der Waals surface area (Å²) in [7, 11) is 1.68. The molecule has 0 N–H and O–H groups in total. The van der Waals surface area contributed by atoms with Crippen molar-refractivity contribution >= 4 is 16.9 Å². The molecule has 1 heterocycles. The Labute approximate surface area is 188 Å². The largest absolute Gasteiger partial charge is 0.496 e. The number of para-hydroxylation sites is 1. The smallest absolute Gasteiger partial charge is 0.338 e. The van der Waals surface area contributed by atoms with Crippen molar-refractivity contribution in [1.29, 1.82) is 0 Å². The molecule has 1 saturated carbocycles. The number of benzene rings is 2. The standard InChI is InChI=1S/C27H30O5/c1-6-9-18-24(28)21-14-16(26(29)32-27(2,3)4)12-13-23(21)31-25(18)20-15-19(20)17-10-7-8-11-22(17)30-5/h7-8,10-14,19-20H,6,9,15H2,1-5H3. The fourth-order valence-electron chi connectivity index (χ4n) is 4.30.